The van der Waals surface area contributed by atoms with E-state index in [4.69, 9.17) is 16.1 Å². The standard InChI is InChI=1S/C11H13ClNO2P/c1-16(13-11(8-14)6-7-11)15-10-4-2-9(12)3-5-10/h2-5,8,13H,6-7H2,1H3. The highest BCUT2D eigenvalue weighted by Gasteiger charge is 2.44. The first-order valence-corrected chi connectivity index (χ1v) is 7.13. The third-order valence-corrected chi connectivity index (χ3v) is 3.95. The molecule has 1 N–H and O–H groups in total. The van der Waals surface area contributed by atoms with Crippen molar-refractivity contribution in [1.82, 2.24) is 5.09 Å². The van der Waals surface area contributed by atoms with E-state index >= 15 is 0 Å². The number of hydrogen-bond acceptors (Lipinski definition) is 3. The van der Waals surface area contributed by atoms with Crippen LogP contribution in [0.1, 0.15) is 12.8 Å². The second-order valence-electron chi connectivity index (χ2n) is 3.93. The lowest BCUT2D eigenvalue weighted by molar-refractivity contribution is -0.110. The van der Waals surface area contributed by atoms with Gasteiger partial charge < -0.3 is 9.32 Å². The molecule has 0 radical (unpaired) electrons. The van der Waals surface area contributed by atoms with Gasteiger partial charge in [0.05, 0.1) is 5.54 Å². The highest BCUT2D eigenvalue weighted by Crippen LogP contribution is 2.42. The molecule has 2 rings (SSSR count). The Hall–Kier alpha value is -0.630. The van der Waals surface area contributed by atoms with Gasteiger partial charge in [-0.2, -0.15) is 0 Å². The fourth-order valence-corrected chi connectivity index (χ4v) is 2.89. The second kappa shape index (κ2) is 4.70. The average Bonchev–Trinajstić information content (AvgIpc) is 3.02. The molecule has 0 saturated heterocycles. The Morgan fingerprint density at radius 1 is 1.44 bits per heavy atom. The normalized spacial score (nSPS) is 18.9. The molecule has 1 unspecified atom stereocenters. The molecule has 0 aliphatic heterocycles. The smallest absolute Gasteiger partial charge is 0.158 e. The minimum atomic E-state index is -0.822. The summed E-state index contributed by atoms with van der Waals surface area (Å²) in [6.07, 6.45) is 2.80. The zero-order chi connectivity index (χ0) is 11.6. The van der Waals surface area contributed by atoms with Gasteiger partial charge in [-0.15, -0.1) is 0 Å². The van der Waals surface area contributed by atoms with Crippen molar-refractivity contribution in [1.29, 1.82) is 0 Å². The van der Waals surface area contributed by atoms with E-state index in [2.05, 4.69) is 5.09 Å². The molecule has 0 heterocycles. The Labute approximate surface area is 101 Å². The largest absolute Gasteiger partial charge is 0.458 e. The molecule has 0 bridgehead atoms. The van der Waals surface area contributed by atoms with Crippen LogP contribution in [0.4, 0.5) is 0 Å². The van der Waals surface area contributed by atoms with Crippen LogP contribution in [0.15, 0.2) is 24.3 Å². The molecule has 86 valence electrons. The van der Waals surface area contributed by atoms with Gasteiger partial charge in [0, 0.05) is 11.7 Å². The lowest BCUT2D eigenvalue weighted by atomic mass is 10.3. The monoisotopic (exact) mass is 257 g/mol. The predicted molar refractivity (Wildman–Crippen MR) is 66.1 cm³/mol. The van der Waals surface area contributed by atoms with Crippen LogP contribution in [0, 0.1) is 0 Å². The van der Waals surface area contributed by atoms with Gasteiger partial charge >= 0.3 is 0 Å². The van der Waals surface area contributed by atoms with E-state index in [-0.39, 0.29) is 5.54 Å². The summed E-state index contributed by atoms with van der Waals surface area (Å²) < 4.78 is 5.68. The molecule has 1 aliphatic rings. The molecular weight excluding hydrogens is 245 g/mol. The van der Waals surface area contributed by atoms with Crippen LogP contribution < -0.4 is 9.61 Å². The Morgan fingerprint density at radius 2 is 2.06 bits per heavy atom. The van der Waals surface area contributed by atoms with Gasteiger partial charge in [0.1, 0.15) is 12.0 Å². The zero-order valence-electron chi connectivity index (χ0n) is 8.94. The van der Waals surface area contributed by atoms with E-state index in [1.54, 1.807) is 12.1 Å². The van der Waals surface area contributed by atoms with Crippen molar-refractivity contribution in [3.05, 3.63) is 29.3 Å². The zero-order valence-corrected chi connectivity index (χ0v) is 10.6. The van der Waals surface area contributed by atoms with E-state index in [1.165, 1.54) is 0 Å². The summed E-state index contributed by atoms with van der Waals surface area (Å²) in [6.45, 7) is 1.95. The van der Waals surface area contributed by atoms with Crippen LogP contribution in [0.25, 0.3) is 0 Å². The third kappa shape index (κ3) is 2.94. The van der Waals surface area contributed by atoms with Crippen molar-refractivity contribution in [3.8, 4) is 5.75 Å². The Bertz CT molecular complexity index is 378. The lowest BCUT2D eigenvalue weighted by Gasteiger charge is -2.18. The number of carbonyl (C=O) groups is 1. The molecule has 1 aromatic rings. The van der Waals surface area contributed by atoms with Gasteiger partial charge in [-0.25, -0.2) is 0 Å². The van der Waals surface area contributed by atoms with Crippen LogP contribution in [0.3, 0.4) is 0 Å². The first kappa shape index (κ1) is 11.8. The van der Waals surface area contributed by atoms with Crippen molar-refractivity contribution in [3.63, 3.8) is 0 Å². The SMILES string of the molecule is CP(NC1(C=O)CC1)Oc1ccc(Cl)cc1. The Balaban J connectivity index is 1.89. The molecule has 1 atom stereocenters. The average molecular weight is 258 g/mol. The molecule has 5 heteroatoms. The number of nitrogens with one attached hydrogen (secondary N) is 1. The number of halogens is 1. The molecule has 1 aromatic carbocycles. The van der Waals surface area contributed by atoms with E-state index < -0.39 is 8.30 Å². The van der Waals surface area contributed by atoms with Crippen molar-refractivity contribution in [2.24, 2.45) is 0 Å². The van der Waals surface area contributed by atoms with Gasteiger partial charge in [-0.3, -0.25) is 5.09 Å². The first-order chi connectivity index (χ1) is 7.63. The molecular formula is C11H13ClNO2P. The van der Waals surface area contributed by atoms with Gasteiger partial charge in [-0.05, 0) is 37.1 Å². The van der Waals surface area contributed by atoms with Crippen LogP contribution in [-0.4, -0.2) is 18.5 Å². The maximum atomic E-state index is 10.8. The summed E-state index contributed by atoms with van der Waals surface area (Å²) in [6, 6.07) is 7.21. The summed E-state index contributed by atoms with van der Waals surface area (Å²) in [5, 5.41) is 3.91. The number of carbonyl (C=O) groups excluding carboxylic acids is 1. The van der Waals surface area contributed by atoms with Gasteiger partial charge in [0.15, 0.2) is 8.30 Å². The van der Waals surface area contributed by atoms with Crippen molar-refractivity contribution in [2.75, 3.05) is 6.66 Å². The maximum Gasteiger partial charge on any atom is 0.158 e. The van der Waals surface area contributed by atoms with E-state index in [9.17, 15) is 4.79 Å². The Morgan fingerprint density at radius 3 is 2.56 bits per heavy atom. The van der Waals surface area contributed by atoms with Crippen molar-refractivity contribution in [2.45, 2.75) is 18.4 Å². The molecule has 1 fully saturated rings. The molecule has 1 saturated carbocycles. The number of rotatable bonds is 5. The molecule has 16 heavy (non-hydrogen) atoms. The molecule has 0 amide bonds. The van der Waals surface area contributed by atoms with Crippen LogP contribution in [0.5, 0.6) is 5.75 Å². The molecule has 0 aromatic heterocycles. The highest BCUT2D eigenvalue weighted by molar-refractivity contribution is 7.50. The Kier molecular flexibility index (Phi) is 3.48. The molecule has 1 aliphatic carbocycles. The second-order valence-corrected chi connectivity index (χ2v) is 5.77. The van der Waals surface area contributed by atoms with Gasteiger partial charge in [0.25, 0.3) is 0 Å². The maximum absolute atomic E-state index is 10.8. The lowest BCUT2D eigenvalue weighted by Crippen LogP contribution is -2.29. The third-order valence-electron chi connectivity index (χ3n) is 2.45. The fourth-order valence-electron chi connectivity index (χ4n) is 1.38. The highest BCUT2D eigenvalue weighted by atomic mass is 35.5. The van der Waals surface area contributed by atoms with Gasteiger partial charge in [-0.1, -0.05) is 11.6 Å². The number of benzene rings is 1. The predicted octanol–water partition coefficient (Wildman–Crippen LogP) is 2.98. The number of aldehydes is 1. The van der Waals surface area contributed by atoms with Crippen LogP contribution in [-0.2, 0) is 4.79 Å². The fraction of sp³-hybridized carbons (Fsp3) is 0.364. The van der Waals surface area contributed by atoms with Crippen LogP contribution >= 0.6 is 19.9 Å². The summed E-state index contributed by atoms with van der Waals surface area (Å²) in [5.74, 6) is 0.771. The van der Waals surface area contributed by atoms with Crippen LogP contribution in [0.2, 0.25) is 5.02 Å². The van der Waals surface area contributed by atoms with Crippen molar-refractivity contribution >= 4 is 26.2 Å². The van der Waals surface area contributed by atoms with Crippen molar-refractivity contribution < 1.29 is 9.32 Å². The summed E-state index contributed by atoms with van der Waals surface area (Å²) in [5.41, 5.74) is -0.313. The summed E-state index contributed by atoms with van der Waals surface area (Å²) in [4.78, 5) is 10.8. The topological polar surface area (TPSA) is 38.3 Å². The minimum absolute atomic E-state index is 0.313. The summed E-state index contributed by atoms with van der Waals surface area (Å²) >= 11 is 5.77. The van der Waals surface area contributed by atoms with E-state index in [0.29, 0.717) is 5.02 Å². The molecule has 3 nitrogen and oxygen atoms in total. The number of hydrogen-bond donors (Lipinski definition) is 1. The van der Waals surface area contributed by atoms with E-state index in [1.807, 2.05) is 18.8 Å². The first-order valence-electron chi connectivity index (χ1n) is 5.05. The minimum Gasteiger partial charge on any atom is -0.458 e. The summed E-state index contributed by atoms with van der Waals surface area (Å²) in [7, 11) is -0.822. The quantitative estimate of drug-likeness (QED) is 0.651. The van der Waals surface area contributed by atoms with Gasteiger partial charge in [0.2, 0.25) is 0 Å². The van der Waals surface area contributed by atoms with E-state index in [0.717, 1.165) is 24.9 Å². The molecule has 0 spiro atoms.